The normalized spacial score (nSPS) is 12.7. The van der Waals surface area contributed by atoms with Crippen LogP contribution in [0, 0.1) is 0 Å². The molecule has 0 saturated heterocycles. The maximum atomic E-state index is 12.5. The molecular weight excluding hydrogens is 503 g/mol. The Kier molecular flexibility index (Phi) is 10.6. The van der Waals surface area contributed by atoms with Crippen LogP contribution >= 0.6 is 24.0 Å². The molecule has 2 N–H and O–H groups in total. The minimum atomic E-state index is 0. The predicted molar refractivity (Wildman–Crippen MR) is 136 cm³/mol. The number of aliphatic imine (C=N–C) groups is 1. The van der Waals surface area contributed by atoms with Gasteiger partial charge in [0.1, 0.15) is 5.75 Å². The molecule has 1 amide bonds. The zero-order chi connectivity index (χ0) is 21.2. The number of fused-ring (bicyclic) bond motifs is 1. The highest BCUT2D eigenvalue weighted by molar-refractivity contribution is 14.0. The first-order chi connectivity index (χ1) is 14.7. The summed E-state index contributed by atoms with van der Waals surface area (Å²) in [5.74, 6) is 1.84. The minimum Gasteiger partial charge on any atom is -0.494 e. The second kappa shape index (κ2) is 13.2. The molecule has 0 radical (unpaired) electrons. The molecule has 1 aliphatic rings. The molecule has 31 heavy (non-hydrogen) atoms. The van der Waals surface area contributed by atoms with Crippen LogP contribution in [0.15, 0.2) is 53.5 Å². The first kappa shape index (κ1) is 25.0. The highest BCUT2D eigenvalue weighted by Crippen LogP contribution is 2.23. The van der Waals surface area contributed by atoms with Gasteiger partial charge in [0.2, 0.25) is 5.91 Å². The number of nitrogens with one attached hydrogen (secondary N) is 2. The lowest BCUT2D eigenvalue weighted by Crippen LogP contribution is -2.38. The summed E-state index contributed by atoms with van der Waals surface area (Å²) in [6.07, 6.45) is 1.30. The number of guanidine groups is 1. The molecular formula is C24H33IN4O2. The quantitative estimate of drug-likeness (QED) is 0.220. The van der Waals surface area contributed by atoms with Crippen molar-refractivity contribution in [3.8, 4) is 5.75 Å². The largest absolute Gasteiger partial charge is 0.494 e. The topological polar surface area (TPSA) is 66.0 Å². The second-order valence-corrected chi connectivity index (χ2v) is 7.28. The molecule has 0 unspecified atom stereocenters. The van der Waals surface area contributed by atoms with Crippen molar-refractivity contribution in [3.05, 3.63) is 65.2 Å². The van der Waals surface area contributed by atoms with Crippen LogP contribution in [-0.4, -0.2) is 36.5 Å². The summed E-state index contributed by atoms with van der Waals surface area (Å²) in [6.45, 7) is 8.13. The Morgan fingerprint density at radius 2 is 1.71 bits per heavy atom. The highest BCUT2D eigenvalue weighted by Gasteiger charge is 2.22. The predicted octanol–water partition coefficient (Wildman–Crippen LogP) is 4.08. The Bertz CT molecular complexity index is 847. The molecule has 168 valence electrons. The van der Waals surface area contributed by atoms with Crippen molar-refractivity contribution in [2.75, 3.05) is 19.7 Å². The summed E-state index contributed by atoms with van der Waals surface area (Å²) >= 11 is 0. The number of para-hydroxylation sites is 1. The fourth-order valence-electron chi connectivity index (χ4n) is 3.55. The molecule has 0 bridgehead atoms. The van der Waals surface area contributed by atoms with Gasteiger partial charge in [0, 0.05) is 38.2 Å². The number of hydrogen-bond donors (Lipinski definition) is 2. The summed E-state index contributed by atoms with van der Waals surface area (Å²) in [5.41, 5.74) is 3.58. The molecule has 7 heteroatoms. The highest BCUT2D eigenvalue weighted by atomic mass is 127. The zero-order valence-electron chi connectivity index (χ0n) is 18.4. The second-order valence-electron chi connectivity index (χ2n) is 7.28. The van der Waals surface area contributed by atoms with E-state index in [0.29, 0.717) is 26.1 Å². The fraction of sp³-hybridized carbons (Fsp3) is 0.417. The standard InChI is InChI=1S/C24H32N4O2.HI/c1-3-25-24(27-16-19-10-7-8-13-22(19)30-4-2)26-15-9-14-23(29)28-17-20-11-5-6-12-21(20)18-28;/h5-8,10-13H,3-4,9,14-18H2,1-2H3,(H2,25,26,27);1H. The summed E-state index contributed by atoms with van der Waals surface area (Å²) in [4.78, 5) is 19.1. The fourth-order valence-corrected chi connectivity index (χ4v) is 3.55. The van der Waals surface area contributed by atoms with Gasteiger partial charge in [-0.15, -0.1) is 24.0 Å². The Labute approximate surface area is 202 Å². The number of amides is 1. The third-order valence-corrected chi connectivity index (χ3v) is 5.08. The lowest BCUT2D eigenvalue weighted by molar-refractivity contribution is -0.131. The van der Waals surface area contributed by atoms with Crippen molar-refractivity contribution in [1.29, 1.82) is 0 Å². The number of benzene rings is 2. The average Bonchev–Trinajstić information content (AvgIpc) is 3.20. The lowest BCUT2D eigenvalue weighted by atomic mass is 10.1. The van der Waals surface area contributed by atoms with Crippen molar-refractivity contribution in [2.45, 2.75) is 46.3 Å². The average molecular weight is 536 g/mol. The van der Waals surface area contributed by atoms with E-state index in [4.69, 9.17) is 4.74 Å². The molecule has 1 aliphatic heterocycles. The lowest BCUT2D eigenvalue weighted by Gasteiger charge is -2.16. The number of carbonyl (C=O) groups is 1. The Balaban J connectivity index is 0.00000341. The molecule has 2 aromatic rings. The van der Waals surface area contributed by atoms with E-state index in [1.54, 1.807) is 0 Å². The van der Waals surface area contributed by atoms with Gasteiger partial charge in [0.15, 0.2) is 5.96 Å². The van der Waals surface area contributed by atoms with Crippen molar-refractivity contribution in [2.24, 2.45) is 4.99 Å². The SMILES string of the molecule is CCNC(=NCc1ccccc1OCC)NCCCC(=O)N1Cc2ccccc2C1.I. The van der Waals surface area contributed by atoms with Crippen LogP contribution in [0.3, 0.4) is 0 Å². The van der Waals surface area contributed by atoms with Crippen molar-refractivity contribution in [3.63, 3.8) is 0 Å². The maximum Gasteiger partial charge on any atom is 0.223 e. The first-order valence-electron chi connectivity index (χ1n) is 10.8. The minimum absolute atomic E-state index is 0. The smallest absolute Gasteiger partial charge is 0.223 e. The van der Waals surface area contributed by atoms with Gasteiger partial charge in [-0.1, -0.05) is 42.5 Å². The van der Waals surface area contributed by atoms with Gasteiger partial charge in [-0.2, -0.15) is 0 Å². The molecule has 6 nitrogen and oxygen atoms in total. The number of ether oxygens (including phenoxy) is 1. The Morgan fingerprint density at radius 3 is 2.39 bits per heavy atom. The maximum absolute atomic E-state index is 12.5. The van der Waals surface area contributed by atoms with E-state index in [9.17, 15) is 4.79 Å². The van der Waals surface area contributed by atoms with Crippen LogP contribution in [0.1, 0.15) is 43.4 Å². The van der Waals surface area contributed by atoms with E-state index >= 15 is 0 Å². The van der Waals surface area contributed by atoms with Crippen molar-refractivity contribution in [1.82, 2.24) is 15.5 Å². The van der Waals surface area contributed by atoms with Gasteiger partial charge in [0.25, 0.3) is 0 Å². The number of hydrogen-bond acceptors (Lipinski definition) is 3. The van der Waals surface area contributed by atoms with Crippen molar-refractivity contribution < 1.29 is 9.53 Å². The molecule has 1 heterocycles. The summed E-state index contributed by atoms with van der Waals surface area (Å²) in [7, 11) is 0. The third-order valence-electron chi connectivity index (χ3n) is 5.08. The van der Waals surface area contributed by atoms with Gasteiger partial charge < -0.3 is 20.3 Å². The monoisotopic (exact) mass is 536 g/mol. The van der Waals surface area contributed by atoms with Crippen LogP contribution in [0.2, 0.25) is 0 Å². The Hall–Kier alpha value is -2.29. The summed E-state index contributed by atoms with van der Waals surface area (Å²) in [5, 5.41) is 6.59. The molecule has 3 rings (SSSR count). The Morgan fingerprint density at radius 1 is 1.03 bits per heavy atom. The van der Waals surface area contributed by atoms with Gasteiger partial charge in [-0.3, -0.25) is 4.79 Å². The summed E-state index contributed by atoms with van der Waals surface area (Å²) in [6, 6.07) is 16.2. The molecule has 0 spiro atoms. The van der Waals surface area contributed by atoms with Crippen LogP contribution in [-0.2, 0) is 24.4 Å². The zero-order valence-corrected chi connectivity index (χ0v) is 20.7. The van der Waals surface area contributed by atoms with E-state index in [1.165, 1.54) is 11.1 Å². The van der Waals surface area contributed by atoms with Crippen LogP contribution < -0.4 is 15.4 Å². The number of halogens is 1. The first-order valence-corrected chi connectivity index (χ1v) is 10.8. The van der Waals surface area contributed by atoms with Crippen LogP contribution in [0.25, 0.3) is 0 Å². The van der Waals surface area contributed by atoms with Crippen LogP contribution in [0.4, 0.5) is 0 Å². The number of nitrogens with zero attached hydrogens (tertiary/aromatic N) is 2. The van der Waals surface area contributed by atoms with E-state index in [0.717, 1.165) is 43.3 Å². The van der Waals surface area contributed by atoms with E-state index in [2.05, 4.69) is 27.8 Å². The molecule has 0 fully saturated rings. The van der Waals surface area contributed by atoms with E-state index in [-0.39, 0.29) is 29.9 Å². The van der Waals surface area contributed by atoms with Crippen LogP contribution in [0.5, 0.6) is 5.75 Å². The number of carbonyl (C=O) groups excluding carboxylic acids is 1. The number of rotatable bonds is 9. The van der Waals surface area contributed by atoms with Gasteiger partial charge >= 0.3 is 0 Å². The van der Waals surface area contributed by atoms with Gasteiger partial charge in [0.05, 0.1) is 13.2 Å². The van der Waals surface area contributed by atoms with Gasteiger partial charge in [-0.05, 0) is 37.5 Å². The molecule has 0 saturated carbocycles. The molecule has 0 aliphatic carbocycles. The molecule has 0 aromatic heterocycles. The van der Waals surface area contributed by atoms with E-state index in [1.807, 2.05) is 55.1 Å². The third kappa shape index (κ3) is 7.41. The van der Waals surface area contributed by atoms with Crippen molar-refractivity contribution >= 4 is 35.8 Å². The molecule has 2 aromatic carbocycles. The van der Waals surface area contributed by atoms with Gasteiger partial charge in [-0.25, -0.2) is 4.99 Å². The summed E-state index contributed by atoms with van der Waals surface area (Å²) < 4.78 is 5.67. The van der Waals surface area contributed by atoms with E-state index < -0.39 is 0 Å². The molecule has 0 atom stereocenters.